The van der Waals surface area contributed by atoms with Gasteiger partial charge >= 0.3 is 5.97 Å². The number of unbranched alkanes of at least 4 members (excludes halogenated alkanes) is 2. The van der Waals surface area contributed by atoms with Crippen LogP contribution in [-0.4, -0.2) is 35.7 Å². The van der Waals surface area contributed by atoms with Crippen LogP contribution in [-0.2, 0) is 4.79 Å². The lowest BCUT2D eigenvalue weighted by molar-refractivity contribution is -0.139. The molecule has 1 saturated heterocycles. The average Bonchev–Trinajstić information content (AvgIpc) is 2.14. The largest absolute Gasteiger partial charge is 0.481 e. The van der Waals surface area contributed by atoms with Crippen LogP contribution in [0, 0.1) is 0 Å². The van der Waals surface area contributed by atoms with Crippen LogP contribution in [0.5, 0.6) is 0 Å². The summed E-state index contributed by atoms with van der Waals surface area (Å²) < 4.78 is 0. The molecule has 1 aliphatic rings. The van der Waals surface area contributed by atoms with Gasteiger partial charge in [0.2, 0.25) is 0 Å². The molecular weight excluding hydrogens is 204 g/mol. The number of nitrogens with one attached hydrogen (secondary N) is 2. The first kappa shape index (κ1) is 13.5. The quantitative estimate of drug-likeness (QED) is 0.549. The molecule has 1 rings (SSSR count). The molecule has 1 heterocycles. The monoisotopic (exact) mass is 228 g/mol. The van der Waals surface area contributed by atoms with E-state index in [1.165, 1.54) is 19.3 Å². The van der Waals surface area contributed by atoms with Gasteiger partial charge in [0.15, 0.2) is 0 Å². The fraction of sp³-hybridized carbons (Fsp3) is 0.917. The van der Waals surface area contributed by atoms with E-state index in [2.05, 4.69) is 24.5 Å². The van der Waals surface area contributed by atoms with Gasteiger partial charge in [0, 0.05) is 19.1 Å². The highest BCUT2D eigenvalue weighted by molar-refractivity contribution is 5.68. The Balaban J connectivity index is 2.29. The maximum Gasteiger partial charge on any atom is 0.305 e. The van der Waals surface area contributed by atoms with Crippen molar-refractivity contribution >= 4 is 5.97 Å². The van der Waals surface area contributed by atoms with Crippen LogP contribution in [0.1, 0.15) is 46.0 Å². The van der Waals surface area contributed by atoms with Crippen LogP contribution in [0.15, 0.2) is 0 Å². The van der Waals surface area contributed by atoms with E-state index in [0.29, 0.717) is 6.04 Å². The summed E-state index contributed by atoms with van der Waals surface area (Å²) in [6.07, 6.45) is 5.07. The van der Waals surface area contributed by atoms with Gasteiger partial charge in [-0.25, -0.2) is 0 Å². The van der Waals surface area contributed by atoms with Gasteiger partial charge in [-0.2, -0.15) is 0 Å². The lowest BCUT2D eigenvalue weighted by atomic mass is 9.87. The minimum absolute atomic E-state index is 0.197. The van der Waals surface area contributed by atoms with Gasteiger partial charge in [0.1, 0.15) is 0 Å². The highest BCUT2D eigenvalue weighted by Gasteiger charge is 2.39. The van der Waals surface area contributed by atoms with E-state index < -0.39 is 5.97 Å². The molecule has 16 heavy (non-hydrogen) atoms. The lowest BCUT2D eigenvalue weighted by Gasteiger charge is -2.44. The molecule has 1 aliphatic heterocycles. The highest BCUT2D eigenvalue weighted by Crippen LogP contribution is 2.18. The fourth-order valence-corrected chi connectivity index (χ4v) is 2.29. The van der Waals surface area contributed by atoms with Crippen molar-refractivity contribution in [1.82, 2.24) is 10.6 Å². The maximum absolute atomic E-state index is 10.8. The molecule has 1 fully saturated rings. The zero-order valence-corrected chi connectivity index (χ0v) is 10.4. The molecule has 0 aromatic heterocycles. The van der Waals surface area contributed by atoms with Crippen LogP contribution in [0.4, 0.5) is 0 Å². The zero-order valence-electron chi connectivity index (χ0n) is 10.4. The predicted molar refractivity (Wildman–Crippen MR) is 64.6 cm³/mol. The van der Waals surface area contributed by atoms with E-state index in [1.807, 2.05) is 0 Å². The molecule has 0 saturated carbocycles. The molecule has 4 heteroatoms. The molecule has 0 spiro atoms. The van der Waals surface area contributed by atoms with Gasteiger partial charge in [-0.3, -0.25) is 4.79 Å². The topological polar surface area (TPSA) is 61.4 Å². The first-order chi connectivity index (χ1) is 7.58. The van der Waals surface area contributed by atoms with Crippen LogP contribution < -0.4 is 10.6 Å². The van der Waals surface area contributed by atoms with Crippen molar-refractivity contribution in [2.45, 2.75) is 57.5 Å². The van der Waals surface area contributed by atoms with Gasteiger partial charge in [-0.05, 0) is 13.3 Å². The molecule has 0 aromatic carbocycles. The minimum Gasteiger partial charge on any atom is -0.481 e. The van der Waals surface area contributed by atoms with E-state index >= 15 is 0 Å². The van der Waals surface area contributed by atoms with E-state index in [4.69, 9.17) is 5.11 Å². The number of carboxylic acid groups (broad SMARTS) is 1. The summed E-state index contributed by atoms with van der Waals surface area (Å²) in [6, 6.07) is 0.410. The lowest BCUT2D eigenvalue weighted by Crippen LogP contribution is -2.70. The number of carbonyl (C=O) groups is 1. The molecular formula is C12H24N2O2. The molecule has 0 amide bonds. The molecule has 0 aromatic rings. The van der Waals surface area contributed by atoms with Gasteiger partial charge in [0.05, 0.1) is 12.0 Å². The fourth-order valence-electron chi connectivity index (χ4n) is 2.29. The highest BCUT2D eigenvalue weighted by atomic mass is 16.4. The van der Waals surface area contributed by atoms with Crippen LogP contribution >= 0.6 is 0 Å². The van der Waals surface area contributed by atoms with Crippen molar-refractivity contribution in [3.8, 4) is 0 Å². The third-order valence-corrected chi connectivity index (χ3v) is 3.21. The Hall–Kier alpha value is -0.610. The van der Waals surface area contributed by atoms with Crippen LogP contribution in [0.2, 0.25) is 0 Å². The smallest absolute Gasteiger partial charge is 0.305 e. The molecule has 94 valence electrons. The molecule has 3 N–H and O–H groups in total. The Labute approximate surface area is 97.8 Å². The van der Waals surface area contributed by atoms with Crippen LogP contribution in [0.25, 0.3) is 0 Å². The Morgan fingerprint density at radius 3 is 2.62 bits per heavy atom. The summed E-state index contributed by atoms with van der Waals surface area (Å²) in [5.41, 5.74) is -0.197. The summed E-state index contributed by atoms with van der Waals surface area (Å²) in [7, 11) is 0. The Bertz CT molecular complexity index is 227. The maximum atomic E-state index is 10.8. The molecule has 0 radical (unpaired) electrons. The molecule has 0 bridgehead atoms. The van der Waals surface area contributed by atoms with Crippen molar-refractivity contribution in [3.63, 3.8) is 0 Å². The average molecular weight is 228 g/mol. The summed E-state index contributed by atoms with van der Waals surface area (Å²) in [6.45, 7) is 5.90. The second-order valence-corrected chi connectivity index (χ2v) is 5.00. The summed E-state index contributed by atoms with van der Waals surface area (Å²) in [4.78, 5) is 10.8. The normalized spacial score (nSPS) is 20.1. The Morgan fingerprint density at radius 1 is 1.50 bits per heavy atom. The van der Waals surface area contributed by atoms with E-state index in [-0.39, 0.29) is 12.0 Å². The van der Waals surface area contributed by atoms with E-state index in [9.17, 15) is 4.79 Å². The Morgan fingerprint density at radius 2 is 2.19 bits per heavy atom. The Kier molecular flexibility index (Phi) is 5.22. The van der Waals surface area contributed by atoms with Crippen LogP contribution in [0.3, 0.4) is 0 Å². The van der Waals surface area contributed by atoms with Crippen molar-refractivity contribution < 1.29 is 9.90 Å². The predicted octanol–water partition coefficient (Wildman–Crippen LogP) is 1.36. The van der Waals surface area contributed by atoms with Crippen molar-refractivity contribution in [3.05, 3.63) is 0 Å². The first-order valence-electron chi connectivity index (χ1n) is 6.28. The number of aliphatic carboxylic acids is 1. The third kappa shape index (κ3) is 4.10. The van der Waals surface area contributed by atoms with Crippen molar-refractivity contribution in [2.24, 2.45) is 0 Å². The number of hydrogen-bond donors (Lipinski definition) is 3. The SMILES string of the molecule is CCCCCC(C)NC1(CC(=O)O)CNC1. The minimum atomic E-state index is -0.713. The van der Waals surface area contributed by atoms with Gasteiger partial charge < -0.3 is 15.7 Å². The van der Waals surface area contributed by atoms with Gasteiger partial charge in [-0.15, -0.1) is 0 Å². The van der Waals surface area contributed by atoms with E-state index in [1.54, 1.807) is 0 Å². The third-order valence-electron chi connectivity index (χ3n) is 3.21. The summed E-state index contributed by atoms with van der Waals surface area (Å²) in [5.74, 6) is -0.713. The first-order valence-corrected chi connectivity index (χ1v) is 6.28. The van der Waals surface area contributed by atoms with Crippen molar-refractivity contribution in [1.29, 1.82) is 0 Å². The molecule has 1 unspecified atom stereocenters. The van der Waals surface area contributed by atoms with E-state index in [0.717, 1.165) is 19.5 Å². The zero-order chi connectivity index (χ0) is 12.0. The number of hydrogen-bond acceptors (Lipinski definition) is 3. The number of rotatable bonds is 8. The van der Waals surface area contributed by atoms with Gasteiger partial charge in [-0.1, -0.05) is 26.2 Å². The molecule has 0 aliphatic carbocycles. The van der Waals surface area contributed by atoms with Gasteiger partial charge in [0.25, 0.3) is 0 Å². The summed E-state index contributed by atoms with van der Waals surface area (Å²) in [5, 5.41) is 15.5. The second-order valence-electron chi connectivity index (χ2n) is 5.00. The molecule has 4 nitrogen and oxygen atoms in total. The standard InChI is InChI=1S/C12H24N2O2/c1-3-4-5-6-10(2)14-12(7-11(15)16)8-13-9-12/h10,13-14H,3-9H2,1-2H3,(H,15,16). The number of carboxylic acids is 1. The summed E-state index contributed by atoms with van der Waals surface area (Å²) >= 11 is 0. The molecule has 1 atom stereocenters. The van der Waals surface area contributed by atoms with Crippen molar-refractivity contribution in [2.75, 3.05) is 13.1 Å². The second kappa shape index (κ2) is 6.21.